The Labute approximate surface area is 395 Å². The van der Waals surface area contributed by atoms with E-state index in [1.54, 1.807) is 0 Å². The van der Waals surface area contributed by atoms with Crippen molar-refractivity contribution in [3.05, 3.63) is 262 Å². The van der Waals surface area contributed by atoms with E-state index in [-0.39, 0.29) is 0 Å². The molecule has 0 N–H and O–H groups in total. The molecule has 320 valence electrons. The van der Waals surface area contributed by atoms with Gasteiger partial charge in [-0.2, -0.15) is 0 Å². The minimum absolute atomic E-state index is 0.683. The molecule has 0 nitrogen and oxygen atoms in total. The van der Waals surface area contributed by atoms with E-state index < -0.39 is 5.41 Å². The van der Waals surface area contributed by atoms with Crippen LogP contribution in [0.25, 0.3) is 89.0 Å². The Morgan fingerprint density at radius 1 is 0.194 bits per heavy atom. The summed E-state index contributed by atoms with van der Waals surface area (Å²) in [6, 6.07) is 79.4. The van der Waals surface area contributed by atoms with Gasteiger partial charge >= 0.3 is 0 Å². The van der Waals surface area contributed by atoms with Crippen LogP contribution in [0.4, 0.5) is 0 Å². The van der Waals surface area contributed by atoms with Crippen molar-refractivity contribution in [2.24, 2.45) is 0 Å². The van der Waals surface area contributed by atoms with Gasteiger partial charge < -0.3 is 0 Å². The number of hydrogen-bond acceptors (Lipinski definition) is 0. The van der Waals surface area contributed by atoms with Gasteiger partial charge in [-0.25, -0.2) is 0 Å². The van der Waals surface area contributed by atoms with Crippen LogP contribution in [0.5, 0.6) is 0 Å². The van der Waals surface area contributed by atoms with Gasteiger partial charge in [-0.15, -0.1) is 0 Å². The second-order valence-electron chi connectivity index (χ2n) is 19.4. The SMILES string of the molecule is Cc1ccc(-c2ccc3c(c2)C2(c4cc(-c5ccc(C)cc5)ccc4-c4c(-c5ccc(C)cc5)cc(-c5ccc(C)cc5)cc42)c2cc(-c4ccc(C)cc4)cc(-c4ccc(C)cc4)c2-3)cc1. The van der Waals surface area contributed by atoms with Gasteiger partial charge in [0.15, 0.2) is 0 Å². The Bertz CT molecular complexity index is 3300. The second-order valence-corrected chi connectivity index (χ2v) is 19.4. The van der Waals surface area contributed by atoms with E-state index in [1.165, 1.54) is 145 Å². The Hall–Kier alpha value is -7.80. The quantitative estimate of drug-likeness (QED) is 0.156. The third-order valence-electron chi connectivity index (χ3n) is 14.7. The molecule has 2 aliphatic carbocycles. The largest absolute Gasteiger partial charge is 0.0726 e. The molecule has 0 amide bonds. The van der Waals surface area contributed by atoms with Crippen molar-refractivity contribution in [1.29, 1.82) is 0 Å². The van der Waals surface area contributed by atoms with E-state index in [0.29, 0.717) is 0 Å². The minimum atomic E-state index is -0.683. The Kier molecular flexibility index (Phi) is 9.52. The van der Waals surface area contributed by atoms with Gasteiger partial charge in [0.2, 0.25) is 0 Å². The fourth-order valence-corrected chi connectivity index (χ4v) is 11.1. The van der Waals surface area contributed by atoms with Gasteiger partial charge in [0.1, 0.15) is 0 Å². The first-order chi connectivity index (χ1) is 32.6. The number of fused-ring (bicyclic) bond motifs is 10. The number of rotatable bonds is 6. The van der Waals surface area contributed by atoms with Crippen LogP contribution in [-0.4, -0.2) is 0 Å². The predicted molar refractivity (Wildman–Crippen MR) is 284 cm³/mol. The average molecular weight is 857 g/mol. The molecule has 0 fully saturated rings. The molecule has 10 aromatic rings. The minimum Gasteiger partial charge on any atom is -0.0587 e. The molecule has 0 atom stereocenters. The normalized spacial score (nSPS) is 12.7. The maximum Gasteiger partial charge on any atom is 0.0726 e. The van der Waals surface area contributed by atoms with Crippen molar-refractivity contribution in [3.8, 4) is 89.0 Å². The van der Waals surface area contributed by atoms with Crippen LogP contribution in [0, 0.1) is 41.5 Å². The molecule has 10 aromatic carbocycles. The van der Waals surface area contributed by atoms with Crippen LogP contribution >= 0.6 is 0 Å². The van der Waals surface area contributed by atoms with E-state index in [1.807, 2.05) is 0 Å². The zero-order valence-electron chi connectivity index (χ0n) is 39.1. The fourth-order valence-electron chi connectivity index (χ4n) is 11.1. The molecule has 0 aromatic heterocycles. The zero-order valence-corrected chi connectivity index (χ0v) is 39.1. The van der Waals surface area contributed by atoms with Crippen LogP contribution in [-0.2, 0) is 5.41 Å². The predicted octanol–water partition coefficient (Wildman–Crippen LogP) is 17.9. The summed E-state index contributed by atoms with van der Waals surface area (Å²) in [7, 11) is 0. The maximum atomic E-state index is 2.56. The first-order valence-electron chi connectivity index (χ1n) is 23.7. The summed E-state index contributed by atoms with van der Waals surface area (Å²) in [6.45, 7) is 13.1. The molecule has 2 aliphatic rings. The monoisotopic (exact) mass is 856 g/mol. The van der Waals surface area contributed by atoms with Crippen LogP contribution in [0.3, 0.4) is 0 Å². The summed E-state index contributed by atoms with van der Waals surface area (Å²) < 4.78 is 0. The average Bonchev–Trinajstić information content (AvgIpc) is 3.81. The van der Waals surface area contributed by atoms with E-state index in [4.69, 9.17) is 0 Å². The van der Waals surface area contributed by atoms with Crippen LogP contribution in [0.2, 0.25) is 0 Å². The van der Waals surface area contributed by atoms with E-state index in [9.17, 15) is 0 Å². The molecule has 67 heavy (non-hydrogen) atoms. The third-order valence-corrected chi connectivity index (χ3v) is 14.7. The highest BCUT2D eigenvalue weighted by atomic mass is 14.5. The summed E-state index contributed by atoms with van der Waals surface area (Å²) >= 11 is 0. The van der Waals surface area contributed by atoms with Gasteiger partial charge in [-0.3, -0.25) is 0 Å². The Morgan fingerprint density at radius 3 is 0.731 bits per heavy atom. The van der Waals surface area contributed by atoms with Crippen molar-refractivity contribution < 1.29 is 0 Å². The fraction of sp³-hybridized carbons (Fsp3) is 0.104. The van der Waals surface area contributed by atoms with Crippen LogP contribution in [0.15, 0.2) is 206 Å². The molecule has 0 aliphatic heterocycles. The lowest BCUT2D eigenvalue weighted by atomic mass is 9.68. The second kappa shape index (κ2) is 15.7. The molecule has 0 saturated heterocycles. The lowest BCUT2D eigenvalue weighted by Crippen LogP contribution is -2.26. The van der Waals surface area contributed by atoms with Gasteiger partial charge in [0.25, 0.3) is 0 Å². The van der Waals surface area contributed by atoms with Gasteiger partial charge in [-0.05, 0) is 189 Å². The summed E-state index contributed by atoms with van der Waals surface area (Å²) in [4.78, 5) is 0. The first-order valence-corrected chi connectivity index (χ1v) is 23.7. The summed E-state index contributed by atoms with van der Waals surface area (Å²) in [6.07, 6.45) is 0. The highest BCUT2D eigenvalue weighted by Gasteiger charge is 2.53. The highest BCUT2D eigenvalue weighted by molar-refractivity contribution is 6.06. The topological polar surface area (TPSA) is 0 Å². The molecule has 0 radical (unpaired) electrons. The van der Waals surface area contributed by atoms with Crippen molar-refractivity contribution >= 4 is 0 Å². The molecule has 0 saturated carbocycles. The molecule has 0 bridgehead atoms. The molecule has 1 spiro atoms. The molecular formula is C67H52. The highest BCUT2D eigenvalue weighted by Crippen LogP contribution is 2.67. The van der Waals surface area contributed by atoms with Crippen LogP contribution < -0.4 is 0 Å². The summed E-state index contributed by atoms with van der Waals surface area (Å²) in [5.41, 5.74) is 32.1. The third kappa shape index (κ3) is 6.65. The molecule has 0 unspecified atom stereocenters. The number of hydrogen-bond donors (Lipinski definition) is 0. The van der Waals surface area contributed by atoms with E-state index in [2.05, 4.69) is 248 Å². The van der Waals surface area contributed by atoms with Crippen molar-refractivity contribution in [3.63, 3.8) is 0 Å². The maximum absolute atomic E-state index is 2.56. The standard InChI is InChI=1S/C67H52/c1-41-7-19-47(20-8-41)53-31-33-57-61(37-53)67(63-39-55(49-23-11-43(3)12-24-49)35-59(65(57)63)51-27-15-45(5)16-28-51)62-38-54(48-21-9-42(2)10-22-48)32-34-58(62)66-60(52-29-17-46(6)18-30-52)36-56(40-64(66)67)50-25-13-44(4)14-26-50/h7-40H,1-6H3. The summed E-state index contributed by atoms with van der Waals surface area (Å²) in [5, 5.41) is 0. The molecule has 0 heteroatoms. The zero-order chi connectivity index (χ0) is 45.6. The Balaban J connectivity index is 1.28. The van der Waals surface area contributed by atoms with E-state index in [0.717, 1.165) is 0 Å². The number of aryl methyl sites for hydroxylation is 6. The number of benzene rings is 10. The van der Waals surface area contributed by atoms with E-state index >= 15 is 0 Å². The lowest BCUT2D eigenvalue weighted by Gasteiger charge is -2.32. The smallest absolute Gasteiger partial charge is 0.0587 e. The van der Waals surface area contributed by atoms with Gasteiger partial charge in [0, 0.05) is 0 Å². The van der Waals surface area contributed by atoms with Crippen molar-refractivity contribution in [2.45, 2.75) is 47.0 Å². The lowest BCUT2D eigenvalue weighted by molar-refractivity contribution is 0.795. The summed E-state index contributed by atoms with van der Waals surface area (Å²) in [5.74, 6) is 0. The molecule has 0 heterocycles. The van der Waals surface area contributed by atoms with Crippen LogP contribution in [0.1, 0.15) is 55.6 Å². The van der Waals surface area contributed by atoms with Crippen molar-refractivity contribution in [1.82, 2.24) is 0 Å². The Morgan fingerprint density at radius 2 is 0.433 bits per heavy atom. The molecule has 12 rings (SSSR count). The first kappa shape index (κ1) is 40.7. The molecular weight excluding hydrogens is 805 g/mol. The van der Waals surface area contributed by atoms with Gasteiger partial charge in [-0.1, -0.05) is 203 Å². The van der Waals surface area contributed by atoms with Crippen molar-refractivity contribution in [2.75, 3.05) is 0 Å². The van der Waals surface area contributed by atoms with Gasteiger partial charge in [0.05, 0.1) is 5.41 Å².